The van der Waals surface area contributed by atoms with Crippen LogP contribution in [0, 0.1) is 5.92 Å². The van der Waals surface area contributed by atoms with Gasteiger partial charge in [-0.2, -0.15) is 0 Å². The van der Waals surface area contributed by atoms with Crippen LogP contribution in [0.1, 0.15) is 37.2 Å². The van der Waals surface area contributed by atoms with E-state index in [1.165, 1.54) is 5.56 Å². The first-order valence-corrected chi connectivity index (χ1v) is 6.73. The van der Waals surface area contributed by atoms with Gasteiger partial charge in [0.2, 0.25) is 0 Å². The van der Waals surface area contributed by atoms with Gasteiger partial charge in [-0.25, -0.2) is 0 Å². The predicted molar refractivity (Wildman–Crippen MR) is 73.8 cm³/mol. The molecule has 0 radical (unpaired) electrons. The molecular weight excluding hydrogens is 228 g/mol. The van der Waals surface area contributed by atoms with E-state index in [4.69, 9.17) is 10.2 Å². The van der Waals surface area contributed by atoms with Crippen LogP contribution in [0.15, 0.2) is 30.3 Å². The van der Waals surface area contributed by atoms with Gasteiger partial charge in [0, 0.05) is 19.6 Å². The first kappa shape index (κ1) is 15.2. The van der Waals surface area contributed by atoms with Crippen LogP contribution in [-0.4, -0.2) is 35.1 Å². The standard InChI is InChI=1S/C15H24O3/c16-9-4-5-13(12-18)11-15(8-10-17)14-6-2-1-3-7-14/h1-3,6-7,13,15-18H,4-5,8-12H2/p+1. The molecule has 0 heterocycles. The molecule has 0 saturated heterocycles. The van der Waals surface area contributed by atoms with E-state index in [1.54, 1.807) is 0 Å². The minimum Gasteiger partial charge on any atom is -0.445 e. The van der Waals surface area contributed by atoms with E-state index in [2.05, 4.69) is 12.1 Å². The maximum atomic E-state index is 9.39. The van der Waals surface area contributed by atoms with Crippen molar-refractivity contribution >= 4 is 0 Å². The highest BCUT2D eigenvalue weighted by Gasteiger charge is 2.18. The second-order valence-corrected chi connectivity index (χ2v) is 4.80. The molecule has 0 aromatic heterocycles. The quantitative estimate of drug-likeness (QED) is 0.657. The van der Waals surface area contributed by atoms with Crippen LogP contribution in [0.4, 0.5) is 0 Å². The lowest BCUT2D eigenvalue weighted by Crippen LogP contribution is -2.13. The van der Waals surface area contributed by atoms with Crippen LogP contribution in [0.25, 0.3) is 0 Å². The van der Waals surface area contributed by atoms with E-state index >= 15 is 0 Å². The lowest BCUT2D eigenvalue weighted by Gasteiger charge is -2.21. The summed E-state index contributed by atoms with van der Waals surface area (Å²) < 4.78 is 0. The Morgan fingerprint density at radius 2 is 1.78 bits per heavy atom. The van der Waals surface area contributed by atoms with Crippen molar-refractivity contribution in [1.29, 1.82) is 0 Å². The summed E-state index contributed by atoms with van der Waals surface area (Å²) in [6, 6.07) is 10.2. The first-order valence-electron chi connectivity index (χ1n) is 6.73. The molecule has 1 aromatic carbocycles. The molecule has 0 saturated carbocycles. The van der Waals surface area contributed by atoms with Gasteiger partial charge < -0.3 is 15.3 Å². The lowest BCUT2D eigenvalue weighted by atomic mass is 9.85. The molecule has 1 aromatic rings. The predicted octanol–water partition coefficient (Wildman–Crippen LogP) is 1.66. The van der Waals surface area contributed by atoms with Crippen molar-refractivity contribution in [2.45, 2.75) is 31.6 Å². The minimum absolute atomic E-state index is 0.168. The van der Waals surface area contributed by atoms with Gasteiger partial charge in [-0.05, 0) is 36.7 Å². The van der Waals surface area contributed by atoms with Crippen molar-refractivity contribution in [3.8, 4) is 0 Å². The smallest absolute Gasteiger partial charge is 0.144 e. The molecule has 4 N–H and O–H groups in total. The Bertz CT molecular complexity index is 300. The summed E-state index contributed by atoms with van der Waals surface area (Å²) in [7, 11) is 0. The van der Waals surface area contributed by atoms with Crippen molar-refractivity contribution < 1.29 is 15.3 Å². The van der Waals surface area contributed by atoms with Crippen LogP contribution >= 0.6 is 0 Å². The Morgan fingerprint density at radius 3 is 2.33 bits per heavy atom. The molecule has 2 unspecified atom stereocenters. The second kappa shape index (κ2) is 9.09. The summed E-state index contributed by atoms with van der Waals surface area (Å²) in [4.78, 5) is 0. The maximum absolute atomic E-state index is 9.39. The number of hydrogen-bond acceptors (Lipinski definition) is 2. The zero-order valence-corrected chi connectivity index (χ0v) is 10.9. The number of rotatable bonds is 9. The maximum Gasteiger partial charge on any atom is 0.144 e. The highest BCUT2D eigenvalue weighted by atomic mass is 16.3. The van der Waals surface area contributed by atoms with Gasteiger partial charge in [0.05, 0.1) is 0 Å². The summed E-state index contributed by atoms with van der Waals surface area (Å²) in [5.41, 5.74) is 1.26. The summed E-state index contributed by atoms with van der Waals surface area (Å²) in [6.07, 6.45) is 3.33. The monoisotopic (exact) mass is 253 g/mol. The zero-order chi connectivity index (χ0) is 13.2. The number of aliphatic hydroxyl groups is 2. The van der Waals surface area contributed by atoms with Crippen molar-refractivity contribution in [2.24, 2.45) is 5.92 Å². The normalized spacial score (nSPS) is 14.4. The van der Waals surface area contributed by atoms with E-state index in [9.17, 15) is 5.11 Å². The number of aliphatic hydroxyl groups excluding tert-OH is 2. The molecule has 0 amide bonds. The third-order valence-electron chi connectivity index (χ3n) is 3.41. The van der Waals surface area contributed by atoms with Crippen molar-refractivity contribution in [3.63, 3.8) is 0 Å². The number of hydrogen-bond donors (Lipinski definition) is 2. The van der Waals surface area contributed by atoms with Crippen LogP contribution in [0.3, 0.4) is 0 Å². The zero-order valence-electron chi connectivity index (χ0n) is 10.9. The van der Waals surface area contributed by atoms with E-state index in [0.717, 1.165) is 25.7 Å². The highest BCUT2D eigenvalue weighted by molar-refractivity contribution is 5.19. The molecular formula is C15H25O3+. The molecule has 0 aliphatic rings. The van der Waals surface area contributed by atoms with E-state index in [-0.39, 0.29) is 19.1 Å². The minimum atomic E-state index is 0.168. The summed E-state index contributed by atoms with van der Waals surface area (Å²) in [5, 5.41) is 25.7. The fourth-order valence-corrected chi connectivity index (χ4v) is 2.39. The molecule has 18 heavy (non-hydrogen) atoms. The molecule has 0 spiro atoms. The summed E-state index contributed by atoms with van der Waals surface area (Å²) in [6.45, 7) is 0.768. The molecule has 102 valence electrons. The van der Waals surface area contributed by atoms with E-state index in [0.29, 0.717) is 12.5 Å². The van der Waals surface area contributed by atoms with Crippen molar-refractivity contribution in [1.82, 2.24) is 0 Å². The van der Waals surface area contributed by atoms with Crippen molar-refractivity contribution in [2.75, 3.05) is 19.8 Å². The Morgan fingerprint density at radius 1 is 1.06 bits per heavy atom. The summed E-state index contributed by atoms with van der Waals surface area (Å²) >= 11 is 0. The summed E-state index contributed by atoms with van der Waals surface area (Å²) in [5.74, 6) is 0.577. The molecule has 0 bridgehead atoms. The van der Waals surface area contributed by atoms with Gasteiger partial charge in [-0.3, -0.25) is 0 Å². The third kappa shape index (κ3) is 5.17. The lowest BCUT2D eigenvalue weighted by molar-refractivity contribution is 0.180. The topological polar surface area (TPSA) is 63.4 Å². The fourth-order valence-electron chi connectivity index (χ4n) is 2.39. The van der Waals surface area contributed by atoms with Crippen LogP contribution in [-0.2, 0) is 0 Å². The van der Waals surface area contributed by atoms with Gasteiger partial charge in [-0.1, -0.05) is 30.3 Å². The van der Waals surface area contributed by atoms with Crippen LogP contribution < -0.4 is 0 Å². The van der Waals surface area contributed by atoms with Gasteiger partial charge in [0.15, 0.2) is 0 Å². The van der Waals surface area contributed by atoms with E-state index in [1.807, 2.05) is 18.2 Å². The third-order valence-corrected chi connectivity index (χ3v) is 3.41. The molecule has 0 fully saturated rings. The molecule has 0 aliphatic carbocycles. The Kier molecular flexibility index (Phi) is 7.65. The average Bonchev–Trinajstić information content (AvgIpc) is 2.43. The van der Waals surface area contributed by atoms with Gasteiger partial charge in [-0.15, -0.1) is 0 Å². The number of benzene rings is 1. The molecule has 0 aliphatic heterocycles. The largest absolute Gasteiger partial charge is 0.445 e. The van der Waals surface area contributed by atoms with Crippen LogP contribution in [0.2, 0.25) is 0 Å². The average molecular weight is 253 g/mol. The highest BCUT2D eigenvalue weighted by Crippen LogP contribution is 2.28. The SMILES string of the molecule is OCCCC(CO)CC(CC[OH2+])c1ccccc1. The Balaban J connectivity index is 2.61. The molecule has 1 rings (SSSR count). The van der Waals surface area contributed by atoms with Gasteiger partial charge >= 0.3 is 0 Å². The second-order valence-electron chi connectivity index (χ2n) is 4.80. The molecule has 3 nitrogen and oxygen atoms in total. The van der Waals surface area contributed by atoms with E-state index < -0.39 is 0 Å². The molecule has 3 heteroatoms. The molecule has 2 atom stereocenters. The van der Waals surface area contributed by atoms with Crippen molar-refractivity contribution in [3.05, 3.63) is 35.9 Å². The first-order chi connectivity index (χ1) is 8.81. The fraction of sp³-hybridized carbons (Fsp3) is 0.600. The van der Waals surface area contributed by atoms with Crippen LogP contribution in [0.5, 0.6) is 0 Å². The van der Waals surface area contributed by atoms with Gasteiger partial charge in [0.1, 0.15) is 6.61 Å². The van der Waals surface area contributed by atoms with Gasteiger partial charge in [0.25, 0.3) is 0 Å². The Labute approximate surface area is 109 Å². The Hall–Kier alpha value is -0.900.